The Bertz CT molecular complexity index is 1460. The summed E-state index contributed by atoms with van der Waals surface area (Å²) in [6.45, 7) is 3.46. The maximum atomic E-state index is 12.6. The minimum absolute atomic E-state index is 0.242. The first-order valence-electron chi connectivity index (χ1n) is 12.0. The van der Waals surface area contributed by atoms with Crippen LogP contribution in [0.25, 0.3) is 21.6 Å². The van der Waals surface area contributed by atoms with Crippen molar-refractivity contribution in [1.29, 1.82) is 0 Å². The van der Waals surface area contributed by atoms with E-state index < -0.39 is 12.2 Å². The Kier molecular flexibility index (Phi) is 7.13. The summed E-state index contributed by atoms with van der Waals surface area (Å²) in [5, 5.41) is 3.37. The average Bonchev–Trinajstić information content (AvgIpc) is 3.62. The van der Waals surface area contributed by atoms with E-state index in [1.54, 1.807) is 26.0 Å². The number of rotatable bonds is 7. The predicted octanol–water partition coefficient (Wildman–Crippen LogP) is 9.32. The molecule has 0 bridgehead atoms. The molecule has 4 aromatic rings. The second-order valence-electron chi connectivity index (χ2n) is 9.28. The van der Waals surface area contributed by atoms with Gasteiger partial charge in [-0.25, -0.2) is 4.79 Å². The monoisotopic (exact) mass is 549 g/mol. The summed E-state index contributed by atoms with van der Waals surface area (Å²) >= 11 is 13.9. The zero-order chi connectivity index (χ0) is 26.2. The Morgan fingerprint density at radius 2 is 1.51 bits per heavy atom. The van der Waals surface area contributed by atoms with Crippen LogP contribution in [0.15, 0.2) is 78.9 Å². The summed E-state index contributed by atoms with van der Waals surface area (Å²) in [5.74, 6) is 0.242. The molecule has 1 aliphatic rings. The van der Waals surface area contributed by atoms with Gasteiger partial charge < -0.3 is 4.74 Å². The summed E-state index contributed by atoms with van der Waals surface area (Å²) in [6, 6.07) is 25.3. The van der Waals surface area contributed by atoms with Crippen molar-refractivity contribution < 1.29 is 14.3 Å². The Balaban J connectivity index is 1.30. The lowest BCUT2D eigenvalue weighted by Crippen LogP contribution is -2.16. The van der Waals surface area contributed by atoms with Crippen LogP contribution < -0.4 is 5.32 Å². The molecule has 0 spiro atoms. The number of carbonyl (C=O) groups is 2. The van der Waals surface area contributed by atoms with E-state index in [1.807, 2.05) is 42.5 Å². The Morgan fingerprint density at radius 1 is 0.919 bits per heavy atom. The number of hydrogen-bond donors (Lipinski definition) is 1. The van der Waals surface area contributed by atoms with Crippen molar-refractivity contribution in [2.24, 2.45) is 0 Å². The second-order valence-corrected chi connectivity index (χ2v) is 11.4. The van der Waals surface area contributed by atoms with Crippen LogP contribution in [0.1, 0.15) is 43.9 Å². The van der Waals surface area contributed by atoms with Gasteiger partial charge >= 0.3 is 6.09 Å². The highest BCUT2D eigenvalue weighted by Crippen LogP contribution is 2.49. The van der Waals surface area contributed by atoms with Crippen molar-refractivity contribution in [3.05, 3.63) is 99.3 Å². The Hall–Kier alpha value is -3.12. The number of benzene rings is 3. The molecular formula is C30H25Cl2NO3S. The van der Waals surface area contributed by atoms with E-state index in [0.717, 1.165) is 45.5 Å². The zero-order valence-electron chi connectivity index (χ0n) is 20.4. The third-order valence-corrected chi connectivity index (χ3v) is 8.56. The number of hydrogen-bond acceptors (Lipinski definition) is 4. The van der Waals surface area contributed by atoms with Gasteiger partial charge in [0.1, 0.15) is 11.9 Å². The van der Waals surface area contributed by atoms with Crippen LogP contribution in [-0.4, -0.2) is 11.9 Å². The van der Waals surface area contributed by atoms with Gasteiger partial charge in [-0.1, -0.05) is 89.9 Å². The molecule has 188 valence electrons. The van der Waals surface area contributed by atoms with E-state index in [-0.39, 0.29) is 11.2 Å². The zero-order valence-corrected chi connectivity index (χ0v) is 22.7. The standard InChI is InChI=1S/C30H25Cl2NO3S/c1-18(24-5-3-4-6-25(24)31)36-29(35)33-26-17-27(32)37-28(26)22-9-7-20(8-10-22)21-11-13-23(14-12-21)30(15-16-30)19(2)34/h3-14,17-18H,15-16H2,1-2H3,(H,33,35)/t18-/m1/s1. The average molecular weight is 551 g/mol. The van der Waals surface area contributed by atoms with Gasteiger partial charge in [0, 0.05) is 10.6 Å². The number of ketones is 1. The molecule has 1 saturated carbocycles. The molecule has 5 rings (SSSR count). The SMILES string of the molecule is CC(=O)C1(c2ccc(-c3ccc(-c4sc(Cl)cc4NC(=O)O[C@H](C)c4ccccc4Cl)cc3)cc2)CC1. The number of thiophene rings is 1. The normalized spacial score (nSPS) is 14.6. The maximum absolute atomic E-state index is 12.6. The van der Waals surface area contributed by atoms with Crippen LogP contribution in [0.4, 0.5) is 10.5 Å². The number of anilines is 1. The minimum Gasteiger partial charge on any atom is -0.441 e. The third kappa shape index (κ3) is 5.30. The summed E-state index contributed by atoms with van der Waals surface area (Å²) < 4.78 is 6.12. The largest absolute Gasteiger partial charge is 0.441 e. The smallest absolute Gasteiger partial charge is 0.412 e. The first kappa shape index (κ1) is 25.5. The molecule has 37 heavy (non-hydrogen) atoms. The number of ether oxygens (including phenoxy) is 1. The van der Waals surface area contributed by atoms with Crippen LogP contribution in [0, 0.1) is 0 Å². The molecule has 0 unspecified atom stereocenters. The molecule has 0 radical (unpaired) electrons. The molecule has 3 aromatic carbocycles. The van der Waals surface area contributed by atoms with Crippen molar-refractivity contribution in [2.45, 2.75) is 38.2 Å². The van der Waals surface area contributed by atoms with E-state index in [9.17, 15) is 9.59 Å². The fourth-order valence-electron chi connectivity index (χ4n) is 4.60. The number of carbonyl (C=O) groups excluding carboxylic acids is 2. The molecule has 0 aliphatic heterocycles. The topological polar surface area (TPSA) is 55.4 Å². The Labute approximate surface area is 230 Å². The third-order valence-electron chi connectivity index (χ3n) is 6.91. The van der Waals surface area contributed by atoms with Gasteiger partial charge in [-0.15, -0.1) is 11.3 Å². The fourth-order valence-corrected chi connectivity index (χ4v) is 6.08. The molecule has 7 heteroatoms. The van der Waals surface area contributed by atoms with Gasteiger partial charge in [0.05, 0.1) is 20.3 Å². The number of nitrogens with one attached hydrogen (secondary N) is 1. The van der Waals surface area contributed by atoms with E-state index >= 15 is 0 Å². The van der Waals surface area contributed by atoms with Gasteiger partial charge in [0.2, 0.25) is 0 Å². The van der Waals surface area contributed by atoms with Gasteiger partial charge in [0.25, 0.3) is 0 Å². The number of Topliss-reactive ketones (excluding diaryl/α,β-unsaturated/α-hetero) is 1. The van der Waals surface area contributed by atoms with Crippen molar-refractivity contribution in [2.75, 3.05) is 5.32 Å². The van der Waals surface area contributed by atoms with Gasteiger partial charge in [-0.3, -0.25) is 10.1 Å². The van der Waals surface area contributed by atoms with Crippen LogP contribution in [-0.2, 0) is 14.9 Å². The number of amides is 1. The van der Waals surface area contributed by atoms with Crippen molar-refractivity contribution >= 4 is 52.1 Å². The molecule has 1 atom stereocenters. The highest BCUT2D eigenvalue weighted by molar-refractivity contribution is 7.20. The van der Waals surface area contributed by atoms with Gasteiger partial charge in [0.15, 0.2) is 0 Å². The first-order chi connectivity index (χ1) is 17.8. The molecule has 1 aromatic heterocycles. The summed E-state index contributed by atoms with van der Waals surface area (Å²) in [4.78, 5) is 25.5. The molecule has 1 aliphatic carbocycles. The van der Waals surface area contributed by atoms with Crippen LogP contribution in [0.3, 0.4) is 0 Å². The van der Waals surface area contributed by atoms with Crippen LogP contribution >= 0.6 is 34.5 Å². The molecular weight excluding hydrogens is 525 g/mol. The lowest BCUT2D eigenvalue weighted by Gasteiger charge is -2.15. The minimum atomic E-state index is -0.584. The molecule has 1 amide bonds. The summed E-state index contributed by atoms with van der Waals surface area (Å²) in [5.41, 5.74) is 5.22. The number of halogens is 2. The summed E-state index contributed by atoms with van der Waals surface area (Å²) in [6.07, 6.45) is 0.770. The lowest BCUT2D eigenvalue weighted by molar-refractivity contribution is -0.119. The second kappa shape index (κ2) is 10.3. The van der Waals surface area contributed by atoms with E-state index in [2.05, 4.69) is 29.6 Å². The van der Waals surface area contributed by atoms with Gasteiger partial charge in [-0.2, -0.15) is 0 Å². The molecule has 1 heterocycles. The first-order valence-corrected chi connectivity index (χ1v) is 13.6. The fraction of sp³-hybridized carbons (Fsp3) is 0.200. The highest BCUT2D eigenvalue weighted by atomic mass is 35.5. The summed E-state index contributed by atoms with van der Waals surface area (Å²) in [7, 11) is 0. The van der Waals surface area contributed by atoms with E-state index in [4.69, 9.17) is 27.9 Å². The Morgan fingerprint density at radius 3 is 2.11 bits per heavy atom. The van der Waals surface area contributed by atoms with E-state index in [1.165, 1.54) is 11.3 Å². The predicted molar refractivity (Wildman–Crippen MR) is 152 cm³/mol. The highest BCUT2D eigenvalue weighted by Gasteiger charge is 2.48. The van der Waals surface area contributed by atoms with Crippen molar-refractivity contribution in [1.82, 2.24) is 0 Å². The van der Waals surface area contributed by atoms with E-state index in [0.29, 0.717) is 15.0 Å². The maximum Gasteiger partial charge on any atom is 0.412 e. The lowest BCUT2D eigenvalue weighted by atomic mass is 9.90. The van der Waals surface area contributed by atoms with Crippen molar-refractivity contribution in [3.8, 4) is 21.6 Å². The van der Waals surface area contributed by atoms with Crippen LogP contribution in [0.5, 0.6) is 0 Å². The molecule has 1 fully saturated rings. The van der Waals surface area contributed by atoms with Crippen LogP contribution in [0.2, 0.25) is 9.36 Å². The van der Waals surface area contributed by atoms with Gasteiger partial charge in [-0.05, 0) is 61.1 Å². The molecule has 0 saturated heterocycles. The molecule has 1 N–H and O–H groups in total. The van der Waals surface area contributed by atoms with Crippen molar-refractivity contribution in [3.63, 3.8) is 0 Å². The molecule has 4 nitrogen and oxygen atoms in total. The quantitative estimate of drug-likeness (QED) is 0.249.